The lowest BCUT2D eigenvalue weighted by atomic mass is 10.1. The van der Waals surface area contributed by atoms with Gasteiger partial charge in [0.1, 0.15) is 17.5 Å². The number of nitrogen functional groups attached to an aromatic ring is 1. The Hall–Kier alpha value is -2.04. The van der Waals surface area contributed by atoms with E-state index in [4.69, 9.17) is 5.73 Å². The molecule has 82 valence electrons. The first-order chi connectivity index (χ1) is 7.56. The van der Waals surface area contributed by atoms with Crippen LogP contribution in [0.2, 0.25) is 0 Å². The molecular weight excluding hydrogens is 212 g/mol. The number of hydrogen-bond acceptors (Lipinski definition) is 3. The molecule has 0 bridgehead atoms. The van der Waals surface area contributed by atoms with E-state index in [0.29, 0.717) is 22.8 Å². The second-order valence-corrected chi connectivity index (χ2v) is 3.38. The highest BCUT2D eigenvalue weighted by atomic mass is 19.1. The number of anilines is 1. The molecule has 2 rings (SSSR count). The zero-order valence-corrected chi connectivity index (χ0v) is 8.54. The molecule has 1 heterocycles. The SMILES string of the molecule is Cc1nc(-c2cc(F)cc(F)c2)cnc1N. The van der Waals surface area contributed by atoms with E-state index in [1.807, 2.05) is 0 Å². The number of aryl methyl sites for hydroxylation is 1. The minimum Gasteiger partial charge on any atom is -0.382 e. The monoisotopic (exact) mass is 221 g/mol. The second-order valence-electron chi connectivity index (χ2n) is 3.38. The predicted molar refractivity (Wildman–Crippen MR) is 56.5 cm³/mol. The van der Waals surface area contributed by atoms with Crippen LogP contribution in [0.1, 0.15) is 5.69 Å². The van der Waals surface area contributed by atoms with Gasteiger partial charge in [-0.05, 0) is 19.1 Å². The van der Waals surface area contributed by atoms with Gasteiger partial charge in [-0.25, -0.2) is 18.7 Å². The molecule has 5 heteroatoms. The van der Waals surface area contributed by atoms with E-state index in [-0.39, 0.29) is 0 Å². The quantitative estimate of drug-likeness (QED) is 0.803. The average molecular weight is 221 g/mol. The maximum atomic E-state index is 13.0. The molecule has 0 atom stereocenters. The molecule has 0 saturated heterocycles. The smallest absolute Gasteiger partial charge is 0.144 e. The van der Waals surface area contributed by atoms with Gasteiger partial charge in [-0.15, -0.1) is 0 Å². The van der Waals surface area contributed by atoms with Gasteiger partial charge in [0.2, 0.25) is 0 Å². The van der Waals surface area contributed by atoms with Crippen molar-refractivity contribution < 1.29 is 8.78 Å². The van der Waals surface area contributed by atoms with Gasteiger partial charge in [-0.3, -0.25) is 0 Å². The molecule has 0 aliphatic heterocycles. The lowest BCUT2D eigenvalue weighted by molar-refractivity contribution is 0.584. The summed E-state index contributed by atoms with van der Waals surface area (Å²) in [7, 11) is 0. The van der Waals surface area contributed by atoms with E-state index < -0.39 is 11.6 Å². The fourth-order valence-corrected chi connectivity index (χ4v) is 1.33. The van der Waals surface area contributed by atoms with Crippen molar-refractivity contribution in [3.8, 4) is 11.3 Å². The molecule has 0 fully saturated rings. The summed E-state index contributed by atoms with van der Waals surface area (Å²) in [6.07, 6.45) is 1.39. The molecule has 3 nitrogen and oxygen atoms in total. The van der Waals surface area contributed by atoms with Crippen LogP contribution in [-0.4, -0.2) is 9.97 Å². The predicted octanol–water partition coefficient (Wildman–Crippen LogP) is 2.31. The zero-order chi connectivity index (χ0) is 11.7. The fourth-order valence-electron chi connectivity index (χ4n) is 1.33. The molecule has 0 spiro atoms. The van der Waals surface area contributed by atoms with Crippen molar-refractivity contribution in [1.82, 2.24) is 9.97 Å². The normalized spacial score (nSPS) is 10.4. The Morgan fingerprint density at radius 3 is 2.31 bits per heavy atom. The third-order valence-corrected chi connectivity index (χ3v) is 2.14. The van der Waals surface area contributed by atoms with Crippen LogP contribution in [0.25, 0.3) is 11.3 Å². The molecule has 0 radical (unpaired) electrons. The van der Waals surface area contributed by atoms with E-state index in [1.165, 1.54) is 18.3 Å². The molecular formula is C11H9F2N3. The molecule has 1 aromatic heterocycles. The summed E-state index contributed by atoms with van der Waals surface area (Å²) < 4.78 is 26.0. The van der Waals surface area contributed by atoms with E-state index in [1.54, 1.807) is 6.92 Å². The van der Waals surface area contributed by atoms with Crippen molar-refractivity contribution in [3.63, 3.8) is 0 Å². The third-order valence-electron chi connectivity index (χ3n) is 2.14. The highest BCUT2D eigenvalue weighted by Crippen LogP contribution is 2.20. The molecule has 0 aliphatic carbocycles. The summed E-state index contributed by atoms with van der Waals surface area (Å²) in [4.78, 5) is 7.99. The van der Waals surface area contributed by atoms with Crippen molar-refractivity contribution in [2.24, 2.45) is 0 Å². The van der Waals surface area contributed by atoms with Crippen molar-refractivity contribution in [2.75, 3.05) is 5.73 Å². The largest absolute Gasteiger partial charge is 0.382 e. The molecule has 0 amide bonds. The number of benzene rings is 1. The van der Waals surface area contributed by atoms with Crippen molar-refractivity contribution in [3.05, 3.63) is 41.7 Å². The van der Waals surface area contributed by atoms with Gasteiger partial charge in [0.05, 0.1) is 17.6 Å². The van der Waals surface area contributed by atoms with E-state index in [9.17, 15) is 8.78 Å². The first-order valence-corrected chi connectivity index (χ1v) is 4.62. The van der Waals surface area contributed by atoms with Crippen molar-refractivity contribution in [2.45, 2.75) is 6.92 Å². The van der Waals surface area contributed by atoms with Gasteiger partial charge in [0, 0.05) is 11.6 Å². The number of nitrogens with two attached hydrogens (primary N) is 1. The van der Waals surface area contributed by atoms with Gasteiger partial charge in [0.15, 0.2) is 0 Å². The fraction of sp³-hybridized carbons (Fsp3) is 0.0909. The Morgan fingerprint density at radius 2 is 1.75 bits per heavy atom. The van der Waals surface area contributed by atoms with E-state index in [2.05, 4.69) is 9.97 Å². The lowest BCUT2D eigenvalue weighted by Crippen LogP contribution is -1.98. The van der Waals surface area contributed by atoms with Crippen LogP contribution in [0, 0.1) is 18.6 Å². The average Bonchev–Trinajstić information content (AvgIpc) is 2.20. The Bertz CT molecular complexity index is 520. The van der Waals surface area contributed by atoms with Crippen LogP contribution < -0.4 is 5.73 Å². The summed E-state index contributed by atoms with van der Waals surface area (Å²) in [5, 5.41) is 0. The first kappa shape index (κ1) is 10.5. The standard InChI is InChI=1S/C11H9F2N3/c1-6-11(14)15-5-10(16-6)7-2-8(12)4-9(13)3-7/h2-5H,1H3,(H2,14,15). The van der Waals surface area contributed by atoms with E-state index in [0.717, 1.165) is 6.07 Å². The molecule has 1 aromatic carbocycles. The Labute approximate surface area is 91.0 Å². The van der Waals surface area contributed by atoms with Gasteiger partial charge < -0.3 is 5.73 Å². The maximum Gasteiger partial charge on any atom is 0.144 e. The number of nitrogens with zero attached hydrogens (tertiary/aromatic N) is 2. The van der Waals surface area contributed by atoms with Crippen LogP contribution >= 0.6 is 0 Å². The molecule has 2 N–H and O–H groups in total. The Balaban J connectivity index is 2.54. The third kappa shape index (κ3) is 1.98. The van der Waals surface area contributed by atoms with Crippen molar-refractivity contribution >= 4 is 5.82 Å². The van der Waals surface area contributed by atoms with Crippen LogP contribution in [0.3, 0.4) is 0 Å². The summed E-state index contributed by atoms with van der Waals surface area (Å²) in [5.74, 6) is -0.988. The summed E-state index contributed by atoms with van der Waals surface area (Å²) in [6.45, 7) is 1.68. The van der Waals surface area contributed by atoms with Gasteiger partial charge in [0.25, 0.3) is 0 Å². The molecule has 0 unspecified atom stereocenters. The van der Waals surface area contributed by atoms with Crippen molar-refractivity contribution in [1.29, 1.82) is 0 Å². The molecule has 2 aromatic rings. The minimum absolute atomic E-state index is 0.306. The topological polar surface area (TPSA) is 51.8 Å². The van der Waals surface area contributed by atoms with E-state index >= 15 is 0 Å². The Morgan fingerprint density at radius 1 is 1.12 bits per heavy atom. The second kappa shape index (κ2) is 3.84. The number of halogens is 2. The molecule has 0 aliphatic rings. The Kier molecular flexibility index (Phi) is 2.52. The zero-order valence-electron chi connectivity index (χ0n) is 8.54. The van der Waals surface area contributed by atoms with Gasteiger partial charge in [-0.1, -0.05) is 0 Å². The van der Waals surface area contributed by atoms with Gasteiger partial charge >= 0.3 is 0 Å². The lowest BCUT2D eigenvalue weighted by Gasteiger charge is -2.04. The van der Waals surface area contributed by atoms with Crippen LogP contribution in [-0.2, 0) is 0 Å². The summed E-state index contributed by atoms with van der Waals surface area (Å²) >= 11 is 0. The van der Waals surface area contributed by atoms with Crippen LogP contribution in [0.4, 0.5) is 14.6 Å². The number of rotatable bonds is 1. The minimum atomic E-state index is -0.647. The maximum absolute atomic E-state index is 13.0. The van der Waals surface area contributed by atoms with Crippen LogP contribution in [0.5, 0.6) is 0 Å². The van der Waals surface area contributed by atoms with Crippen LogP contribution in [0.15, 0.2) is 24.4 Å². The number of hydrogen-bond donors (Lipinski definition) is 1. The first-order valence-electron chi connectivity index (χ1n) is 4.62. The van der Waals surface area contributed by atoms with Gasteiger partial charge in [-0.2, -0.15) is 0 Å². The highest BCUT2D eigenvalue weighted by Gasteiger charge is 2.06. The summed E-state index contributed by atoms with van der Waals surface area (Å²) in [5.41, 5.74) is 6.77. The molecule has 16 heavy (non-hydrogen) atoms. The summed E-state index contributed by atoms with van der Waals surface area (Å²) in [6, 6.07) is 3.20. The highest BCUT2D eigenvalue weighted by molar-refractivity contribution is 5.59. The number of aromatic nitrogens is 2. The molecule has 0 saturated carbocycles.